The zero-order valence-electron chi connectivity index (χ0n) is 15.3. The molecule has 0 radical (unpaired) electrons. The Bertz CT molecular complexity index is 916. The summed E-state index contributed by atoms with van der Waals surface area (Å²) in [6.45, 7) is 7.90. The van der Waals surface area contributed by atoms with Crippen molar-refractivity contribution in [1.29, 1.82) is 0 Å². The smallest absolute Gasteiger partial charge is 0.346 e. The molecule has 0 aliphatic rings. The molecule has 6 heteroatoms. The predicted molar refractivity (Wildman–Crippen MR) is 107 cm³/mol. The van der Waals surface area contributed by atoms with Crippen molar-refractivity contribution in [1.82, 2.24) is 9.97 Å². The summed E-state index contributed by atoms with van der Waals surface area (Å²) in [5.41, 5.74) is 1.69. The zero-order valence-corrected chi connectivity index (χ0v) is 16.1. The summed E-state index contributed by atoms with van der Waals surface area (Å²) in [5.74, 6) is 0.581. The predicted octanol–water partition coefficient (Wildman–Crippen LogP) is 4.99. The number of benzene rings is 1. The van der Waals surface area contributed by atoms with Crippen LogP contribution in [-0.2, 0) is 0 Å². The van der Waals surface area contributed by atoms with E-state index in [0.717, 1.165) is 53.1 Å². The number of aromatic nitrogens is 2. The van der Waals surface area contributed by atoms with Crippen molar-refractivity contribution < 1.29 is 9.90 Å². The molecule has 2 heterocycles. The van der Waals surface area contributed by atoms with E-state index in [2.05, 4.69) is 18.7 Å². The first-order chi connectivity index (χ1) is 12.6. The number of carboxylic acid groups (broad SMARTS) is 1. The number of thiophene rings is 1. The second-order valence-corrected chi connectivity index (χ2v) is 7.26. The maximum atomic E-state index is 11.6. The molecule has 1 N–H and O–H groups in total. The number of carbonyl (C=O) groups is 1. The summed E-state index contributed by atoms with van der Waals surface area (Å²) >= 11 is 1.23. The quantitative estimate of drug-likeness (QED) is 0.635. The number of hydrogen-bond donors (Lipinski definition) is 1. The topological polar surface area (TPSA) is 66.3 Å². The number of rotatable bonds is 7. The van der Waals surface area contributed by atoms with E-state index < -0.39 is 5.97 Å². The van der Waals surface area contributed by atoms with Crippen LogP contribution in [0.15, 0.2) is 30.3 Å². The fourth-order valence-electron chi connectivity index (χ4n) is 3.13. The summed E-state index contributed by atoms with van der Waals surface area (Å²) in [4.78, 5) is 24.5. The Hall–Kier alpha value is -2.47. The molecule has 0 spiro atoms. The normalized spacial score (nSPS) is 11.0. The van der Waals surface area contributed by atoms with Crippen LogP contribution >= 0.6 is 11.3 Å². The van der Waals surface area contributed by atoms with Gasteiger partial charge in [-0.25, -0.2) is 14.8 Å². The van der Waals surface area contributed by atoms with Crippen LogP contribution in [0.1, 0.15) is 41.9 Å². The molecule has 2 aromatic heterocycles. The van der Waals surface area contributed by atoms with Crippen molar-refractivity contribution in [3.05, 3.63) is 40.8 Å². The van der Waals surface area contributed by atoms with Crippen molar-refractivity contribution in [2.75, 3.05) is 18.0 Å². The third-order valence-electron chi connectivity index (χ3n) is 4.28. The number of aromatic carboxylic acids is 1. The Kier molecular flexibility index (Phi) is 5.52. The summed E-state index contributed by atoms with van der Waals surface area (Å²) < 4.78 is 0. The monoisotopic (exact) mass is 369 g/mol. The molecule has 0 saturated heterocycles. The van der Waals surface area contributed by atoms with Crippen LogP contribution in [0.25, 0.3) is 21.6 Å². The van der Waals surface area contributed by atoms with E-state index in [4.69, 9.17) is 9.97 Å². The summed E-state index contributed by atoms with van der Waals surface area (Å²) in [5, 5.41) is 10.4. The van der Waals surface area contributed by atoms with Gasteiger partial charge in [0.2, 0.25) is 0 Å². The molecule has 3 aromatic rings. The Labute approximate surface area is 157 Å². The lowest BCUT2D eigenvalue weighted by molar-refractivity contribution is 0.0701. The molecule has 3 rings (SSSR count). The maximum absolute atomic E-state index is 11.6. The minimum absolute atomic E-state index is 0.341. The Morgan fingerprint density at radius 3 is 2.35 bits per heavy atom. The highest BCUT2D eigenvalue weighted by Crippen LogP contribution is 2.37. The van der Waals surface area contributed by atoms with Gasteiger partial charge in [0.1, 0.15) is 15.5 Å². The van der Waals surface area contributed by atoms with Crippen LogP contribution < -0.4 is 4.90 Å². The third kappa shape index (κ3) is 3.42. The van der Waals surface area contributed by atoms with Crippen molar-refractivity contribution in [3.8, 4) is 11.4 Å². The maximum Gasteiger partial charge on any atom is 0.346 e. The van der Waals surface area contributed by atoms with Gasteiger partial charge < -0.3 is 10.0 Å². The first-order valence-electron chi connectivity index (χ1n) is 8.91. The van der Waals surface area contributed by atoms with Gasteiger partial charge in [0.05, 0.1) is 5.39 Å². The van der Waals surface area contributed by atoms with Crippen LogP contribution in [0.2, 0.25) is 0 Å². The summed E-state index contributed by atoms with van der Waals surface area (Å²) in [6, 6.07) is 9.84. The molecule has 0 amide bonds. The molecule has 26 heavy (non-hydrogen) atoms. The highest BCUT2D eigenvalue weighted by atomic mass is 32.1. The summed E-state index contributed by atoms with van der Waals surface area (Å²) in [6.07, 6.45) is 2.00. The van der Waals surface area contributed by atoms with Gasteiger partial charge in [-0.3, -0.25) is 0 Å². The van der Waals surface area contributed by atoms with E-state index in [1.54, 1.807) is 0 Å². The van der Waals surface area contributed by atoms with Crippen LogP contribution in [0.3, 0.4) is 0 Å². The van der Waals surface area contributed by atoms with Crippen LogP contribution in [0, 0.1) is 6.92 Å². The number of hydrogen-bond acceptors (Lipinski definition) is 5. The van der Waals surface area contributed by atoms with Gasteiger partial charge in [-0.05, 0) is 25.3 Å². The molecular formula is C20H23N3O2S. The SMILES string of the molecule is CCCN(CCC)c1nc(-c2ccccc2)nc2sc(C(=O)O)c(C)c12. The van der Waals surface area contributed by atoms with Gasteiger partial charge in [0.15, 0.2) is 5.82 Å². The Morgan fingerprint density at radius 1 is 1.12 bits per heavy atom. The highest BCUT2D eigenvalue weighted by molar-refractivity contribution is 7.20. The molecule has 0 aliphatic heterocycles. The average molecular weight is 369 g/mol. The molecule has 0 unspecified atom stereocenters. The molecule has 136 valence electrons. The van der Waals surface area contributed by atoms with E-state index in [1.165, 1.54) is 11.3 Å². The lowest BCUT2D eigenvalue weighted by atomic mass is 10.1. The molecule has 0 fully saturated rings. The van der Waals surface area contributed by atoms with Gasteiger partial charge in [0.25, 0.3) is 0 Å². The largest absolute Gasteiger partial charge is 0.477 e. The Balaban J connectivity index is 2.28. The average Bonchev–Trinajstić information content (AvgIpc) is 2.99. The first-order valence-corrected chi connectivity index (χ1v) is 9.73. The molecule has 0 aliphatic carbocycles. The minimum atomic E-state index is -0.907. The number of aryl methyl sites for hydroxylation is 1. The van der Waals surface area contributed by atoms with E-state index in [1.807, 2.05) is 37.3 Å². The van der Waals surface area contributed by atoms with Crippen LogP contribution in [0.5, 0.6) is 0 Å². The number of anilines is 1. The number of carboxylic acids is 1. The van der Waals surface area contributed by atoms with E-state index in [0.29, 0.717) is 10.7 Å². The van der Waals surface area contributed by atoms with Crippen LogP contribution in [-0.4, -0.2) is 34.1 Å². The summed E-state index contributed by atoms with van der Waals surface area (Å²) in [7, 11) is 0. The molecule has 0 atom stereocenters. The standard InChI is InChI=1S/C20H23N3O2S/c1-4-11-23(12-5-2)18-15-13(3)16(20(24)25)26-19(15)22-17(21-18)14-9-7-6-8-10-14/h6-10H,4-5,11-12H2,1-3H3,(H,24,25). The van der Waals surface area contributed by atoms with Gasteiger partial charge in [-0.1, -0.05) is 44.2 Å². The second kappa shape index (κ2) is 7.83. The van der Waals surface area contributed by atoms with Crippen LogP contribution in [0.4, 0.5) is 5.82 Å². The lowest BCUT2D eigenvalue weighted by Crippen LogP contribution is -2.26. The van der Waals surface area contributed by atoms with Gasteiger partial charge >= 0.3 is 5.97 Å². The second-order valence-electron chi connectivity index (χ2n) is 6.27. The molecule has 1 aromatic carbocycles. The highest BCUT2D eigenvalue weighted by Gasteiger charge is 2.23. The molecule has 5 nitrogen and oxygen atoms in total. The lowest BCUT2D eigenvalue weighted by Gasteiger charge is -2.24. The van der Waals surface area contributed by atoms with Crippen molar-refractivity contribution >= 4 is 33.3 Å². The Morgan fingerprint density at radius 2 is 1.77 bits per heavy atom. The van der Waals surface area contributed by atoms with Gasteiger partial charge in [0, 0.05) is 18.7 Å². The fourth-order valence-corrected chi connectivity index (χ4v) is 4.14. The van der Waals surface area contributed by atoms with E-state index in [9.17, 15) is 9.90 Å². The minimum Gasteiger partial charge on any atom is -0.477 e. The number of fused-ring (bicyclic) bond motifs is 1. The third-order valence-corrected chi connectivity index (χ3v) is 5.46. The van der Waals surface area contributed by atoms with Gasteiger partial charge in [-0.15, -0.1) is 11.3 Å². The first kappa shape index (κ1) is 18.3. The molecule has 0 saturated carbocycles. The van der Waals surface area contributed by atoms with E-state index in [-0.39, 0.29) is 0 Å². The zero-order chi connectivity index (χ0) is 18.7. The van der Waals surface area contributed by atoms with Crippen molar-refractivity contribution in [2.24, 2.45) is 0 Å². The fraction of sp³-hybridized carbons (Fsp3) is 0.350. The molecular weight excluding hydrogens is 346 g/mol. The van der Waals surface area contributed by atoms with Crippen molar-refractivity contribution in [2.45, 2.75) is 33.6 Å². The van der Waals surface area contributed by atoms with Gasteiger partial charge in [-0.2, -0.15) is 0 Å². The molecule has 0 bridgehead atoms. The van der Waals surface area contributed by atoms with Crippen molar-refractivity contribution in [3.63, 3.8) is 0 Å². The number of nitrogens with zero attached hydrogens (tertiary/aromatic N) is 3. The van der Waals surface area contributed by atoms with E-state index >= 15 is 0 Å².